The fourth-order valence-corrected chi connectivity index (χ4v) is 4.22. The van der Waals surface area contributed by atoms with E-state index in [4.69, 9.17) is 16.0 Å². The number of oxazole rings is 1. The highest BCUT2D eigenvalue weighted by Gasteiger charge is 2.33. The number of halogens is 2. The van der Waals surface area contributed by atoms with Gasteiger partial charge in [0.1, 0.15) is 17.6 Å². The Balaban J connectivity index is 1.37. The Morgan fingerprint density at radius 3 is 2.84 bits per heavy atom. The molecule has 1 amide bonds. The third kappa shape index (κ3) is 5.51. The smallest absolute Gasteiger partial charge is 0.237 e. The van der Waals surface area contributed by atoms with E-state index in [9.17, 15) is 9.18 Å². The van der Waals surface area contributed by atoms with Crippen molar-refractivity contribution in [3.05, 3.63) is 88.3 Å². The van der Waals surface area contributed by atoms with E-state index < -0.39 is 0 Å². The zero-order chi connectivity index (χ0) is 21.8. The van der Waals surface area contributed by atoms with E-state index >= 15 is 0 Å². The highest BCUT2D eigenvalue weighted by molar-refractivity contribution is 6.30. The fourth-order valence-electron chi connectivity index (χ4n) is 4.01. The molecule has 1 aromatic heterocycles. The largest absolute Gasteiger partial charge is 0.443 e. The summed E-state index contributed by atoms with van der Waals surface area (Å²) in [6.07, 6.45) is 4.10. The molecule has 162 valence electrons. The van der Waals surface area contributed by atoms with Gasteiger partial charge in [-0.2, -0.15) is 0 Å². The minimum absolute atomic E-state index is 0.0432. The second-order valence-electron chi connectivity index (χ2n) is 8.02. The number of likely N-dealkylation sites (tertiary alicyclic amines) is 1. The van der Waals surface area contributed by atoms with Crippen LogP contribution < -0.4 is 0 Å². The van der Waals surface area contributed by atoms with Gasteiger partial charge in [-0.05, 0) is 55.3 Å². The van der Waals surface area contributed by atoms with Crippen LogP contribution in [0.2, 0.25) is 5.02 Å². The van der Waals surface area contributed by atoms with Crippen LogP contribution in [0.4, 0.5) is 4.39 Å². The molecule has 0 spiro atoms. The Kier molecular flexibility index (Phi) is 6.68. The minimum Gasteiger partial charge on any atom is -0.443 e. The third-order valence-electron chi connectivity index (χ3n) is 5.47. The number of carbonyl (C=O) groups excluding carboxylic acids is 1. The topological polar surface area (TPSA) is 49.6 Å². The molecule has 5 nitrogen and oxygen atoms in total. The van der Waals surface area contributed by atoms with Gasteiger partial charge in [-0.25, -0.2) is 9.37 Å². The van der Waals surface area contributed by atoms with Crippen LogP contribution in [0.25, 0.3) is 0 Å². The number of rotatable bonds is 7. The molecule has 31 heavy (non-hydrogen) atoms. The molecule has 4 rings (SSSR count). The lowest BCUT2D eigenvalue weighted by atomic mass is 10.1. The molecule has 7 heteroatoms. The van der Waals surface area contributed by atoms with Gasteiger partial charge in [0.25, 0.3) is 0 Å². The number of benzene rings is 2. The van der Waals surface area contributed by atoms with Gasteiger partial charge in [-0.3, -0.25) is 9.69 Å². The second kappa shape index (κ2) is 9.62. The van der Waals surface area contributed by atoms with Crippen LogP contribution >= 0.6 is 11.6 Å². The maximum absolute atomic E-state index is 13.1. The maximum Gasteiger partial charge on any atom is 0.237 e. The van der Waals surface area contributed by atoms with Gasteiger partial charge in [0.2, 0.25) is 11.8 Å². The predicted molar refractivity (Wildman–Crippen MR) is 117 cm³/mol. The summed E-state index contributed by atoms with van der Waals surface area (Å²) >= 11 is 6.06. The zero-order valence-corrected chi connectivity index (χ0v) is 18.2. The van der Waals surface area contributed by atoms with Gasteiger partial charge < -0.3 is 9.32 Å². The molecule has 0 saturated carbocycles. The molecule has 1 fully saturated rings. The first-order chi connectivity index (χ1) is 15.0. The zero-order valence-electron chi connectivity index (χ0n) is 17.4. The molecule has 3 aromatic rings. The first-order valence-corrected chi connectivity index (χ1v) is 10.8. The summed E-state index contributed by atoms with van der Waals surface area (Å²) in [4.78, 5) is 21.2. The molecule has 1 atom stereocenters. The van der Waals surface area contributed by atoms with Gasteiger partial charge in [0, 0.05) is 24.5 Å². The lowest BCUT2D eigenvalue weighted by molar-refractivity contribution is -0.133. The third-order valence-corrected chi connectivity index (χ3v) is 5.70. The number of amides is 1. The average molecular weight is 442 g/mol. The van der Waals surface area contributed by atoms with Crippen molar-refractivity contribution in [3.8, 4) is 0 Å². The van der Waals surface area contributed by atoms with Crippen LogP contribution in [0, 0.1) is 5.82 Å². The Morgan fingerprint density at radius 2 is 2.06 bits per heavy atom. The number of likely N-dealkylation sites (N-methyl/N-ethyl adjacent to an activating group) is 1. The molecule has 2 aromatic carbocycles. The van der Waals surface area contributed by atoms with Crippen molar-refractivity contribution < 1.29 is 13.6 Å². The molecule has 0 N–H and O–H groups in total. The Hall–Kier alpha value is -2.70. The van der Waals surface area contributed by atoms with Crippen molar-refractivity contribution in [1.29, 1.82) is 0 Å². The summed E-state index contributed by atoms with van der Waals surface area (Å²) in [6.45, 7) is 1.55. The van der Waals surface area contributed by atoms with Crippen molar-refractivity contribution in [2.24, 2.45) is 0 Å². The molecule has 2 heterocycles. The molecule has 1 saturated heterocycles. The molecule has 0 bridgehead atoms. The number of carbonyl (C=O) groups is 1. The summed E-state index contributed by atoms with van der Waals surface area (Å²) < 4.78 is 19.1. The van der Waals surface area contributed by atoms with Crippen LogP contribution in [-0.2, 0) is 17.8 Å². The quantitative estimate of drug-likeness (QED) is 0.525. The first-order valence-electron chi connectivity index (χ1n) is 10.4. The van der Waals surface area contributed by atoms with Crippen molar-refractivity contribution >= 4 is 17.5 Å². The van der Waals surface area contributed by atoms with E-state index in [1.54, 1.807) is 18.3 Å². The lowest BCUT2D eigenvalue weighted by Crippen LogP contribution is -2.38. The highest BCUT2D eigenvalue weighted by Crippen LogP contribution is 2.32. The summed E-state index contributed by atoms with van der Waals surface area (Å²) in [7, 11) is 1.89. The lowest BCUT2D eigenvalue weighted by Gasteiger charge is -2.25. The molecule has 1 unspecified atom stereocenters. The fraction of sp³-hybridized carbons (Fsp3) is 0.333. The second-order valence-corrected chi connectivity index (χ2v) is 8.45. The van der Waals surface area contributed by atoms with Crippen molar-refractivity contribution in [3.63, 3.8) is 0 Å². The van der Waals surface area contributed by atoms with E-state index in [-0.39, 0.29) is 24.3 Å². The summed E-state index contributed by atoms with van der Waals surface area (Å²) in [5.41, 5.74) is 2.02. The van der Waals surface area contributed by atoms with Gasteiger partial charge in [-0.15, -0.1) is 0 Å². The van der Waals surface area contributed by atoms with E-state index in [2.05, 4.69) is 4.98 Å². The minimum atomic E-state index is -0.261. The molecular formula is C24H25ClFN3O2. The van der Waals surface area contributed by atoms with Gasteiger partial charge in [0.15, 0.2) is 0 Å². The van der Waals surface area contributed by atoms with Gasteiger partial charge >= 0.3 is 0 Å². The molecule has 1 aliphatic heterocycles. The number of aromatic nitrogens is 1. The molecule has 0 aliphatic carbocycles. The summed E-state index contributed by atoms with van der Waals surface area (Å²) in [5.74, 6) is 1.12. The Morgan fingerprint density at radius 1 is 1.26 bits per heavy atom. The monoisotopic (exact) mass is 441 g/mol. The SMILES string of the molecule is CN(CC(=O)N1CCCC1c1ncc(Cc2cccc(Cl)c2)o1)Cc1ccc(F)cc1. The van der Waals surface area contributed by atoms with E-state index in [0.717, 1.165) is 29.7 Å². The van der Waals surface area contributed by atoms with Crippen molar-refractivity contribution in [2.75, 3.05) is 20.1 Å². The van der Waals surface area contributed by atoms with Gasteiger partial charge in [-0.1, -0.05) is 35.9 Å². The predicted octanol–water partition coefficient (Wildman–Crippen LogP) is 4.85. The number of nitrogens with zero attached hydrogens (tertiary/aromatic N) is 3. The van der Waals surface area contributed by atoms with E-state index in [1.807, 2.05) is 41.1 Å². The molecular weight excluding hydrogens is 417 g/mol. The Bertz CT molecular complexity index is 1040. The van der Waals surface area contributed by atoms with Gasteiger partial charge in [0.05, 0.1) is 12.7 Å². The summed E-state index contributed by atoms with van der Waals surface area (Å²) in [5, 5.41) is 0.689. The van der Waals surface area contributed by atoms with E-state index in [0.29, 0.717) is 30.4 Å². The molecule has 1 aliphatic rings. The van der Waals surface area contributed by atoms with E-state index in [1.165, 1.54) is 12.1 Å². The van der Waals surface area contributed by atoms with Crippen LogP contribution in [0.5, 0.6) is 0 Å². The van der Waals surface area contributed by atoms with Crippen LogP contribution in [0.3, 0.4) is 0 Å². The Labute approximate surface area is 186 Å². The van der Waals surface area contributed by atoms with Crippen LogP contribution in [0.15, 0.2) is 59.1 Å². The standard InChI is InChI=1S/C24H25ClFN3O2/c1-28(15-17-7-9-20(26)10-8-17)16-23(30)29-11-3-6-22(29)24-27-14-21(31-24)13-18-4-2-5-19(25)12-18/h2,4-5,7-10,12,14,22H,3,6,11,13,15-16H2,1H3. The van der Waals surface area contributed by atoms with Crippen LogP contribution in [0.1, 0.15) is 41.7 Å². The summed E-state index contributed by atoms with van der Waals surface area (Å²) in [6, 6.07) is 13.9. The normalized spacial score (nSPS) is 16.3. The maximum atomic E-state index is 13.1. The van der Waals surface area contributed by atoms with Crippen molar-refractivity contribution in [2.45, 2.75) is 31.8 Å². The average Bonchev–Trinajstić information content (AvgIpc) is 3.39. The van der Waals surface area contributed by atoms with Crippen LogP contribution in [-0.4, -0.2) is 40.8 Å². The number of hydrogen-bond donors (Lipinski definition) is 0. The number of hydrogen-bond acceptors (Lipinski definition) is 4. The van der Waals surface area contributed by atoms with Crippen molar-refractivity contribution in [1.82, 2.24) is 14.8 Å². The molecule has 0 radical (unpaired) electrons. The highest BCUT2D eigenvalue weighted by atomic mass is 35.5. The first kappa shape index (κ1) is 21.5.